The van der Waals surface area contributed by atoms with Crippen molar-refractivity contribution in [1.29, 1.82) is 0 Å². The van der Waals surface area contributed by atoms with Gasteiger partial charge in [-0.25, -0.2) is 0 Å². The second kappa shape index (κ2) is 5.20. The molecule has 5 nitrogen and oxygen atoms in total. The monoisotopic (exact) mass is 280 g/mol. The van der Waals surface area contributed by atoms with Crippen LogP contribution in [0, 0.1) is 0 Å². The van der Waals surface area contributed by atoms with Gasteiger partial charge in [0.2, 0.25) is 11.5 Å². The van der Waals surface area contributed by atoms with Crippen LogP contribution >= 0.6 is 0 Å². The third-order valence-electron chi connectivity index (χ3n) is 3.39. The molecule has 21 heavy (non-hydrogen) atoms. The molecule has 1 heterocycles. The highest BCUT2D eigenvalue weighted by Gasteiger charge is 2.36. The zero-order chi connectivity index (χ0) is 14.8. The van der Waals surface area contributed by atoms with E-state index in [9.17, 15) is 9.59 Å². The third kappa shape index (κ3) is 2.18. The third-order valence-corrected chi connectivity index (χ3v) is 3.39. The van der Waals surface area contributed by atoms with Crippen LogP contribution in [-0.4, -0.2) is 22.6 Å². The van der Waals surface area contributed by atoms with E-state index >= 15 is 0 Å². The summed E-state index contributed by atoms with van der Waals surface area (Å²) >= 11 is 0. The van der Waals surface area contributed by atoms with Crippen LogP contribution in [0.2, 0.25) is 0 Å². The van der Waals surface area contributed by atoms with E-state index < -0.39 is 17.4 Å². The highest BCUT2D eigenvalue weighted by molar-refractivity contribution is 6.72. The average Bonchev–Trinajstić information content (AvgIpc) is 2.53. The zero-order valence-electron chi connectivity index (χ0n) is 11.1. The first-order chi connectivity index (χ1) is 10.2. The lowest BCUT2D eigenvalue weighted by Crippen LogP contribution is -2.44. The molecule has 0 radical (unpaired) electrons. The van der Waals surface area contributed by atoms with Crippen molar-refractivity contribution in [2.75, 3.05) is 4.90 Å². The number of carbonyl (C=O) groups is 2. The summed E-state index contributed by atoms with van der Waals surface area (Å²) in [5, 5.41) is 11.8. The Balaban J connectivity index is 2.08. The Morgan fingerprint density at radius 1 is 0.952 bits per heavy atom. The molecule has 5 heteroatoms. The van der Waals surface area contributed by atoms with Crippen LogP contribution in [0.25, 0.3) is 0 Å². The summed E-state index contributed by atoms with van der Waals surface area (Å²) in [7, 11) is 0. The van der Waals surface area contributed by atoms with Gasteiger partial charge in [-0.3, -0.25) is 9.59 Å². The number of hydrogen-bond acceptors (Lipinski definition) is 4. The fourth-order valence-corrected chi connectivity index (χ4v) is 2.37. The molecule has 0 atom stereocenters. The molecule has 2 aromatic rings. The molecule has 1 amide bonds. The minimum absolute atomic E-state index is 0.309. The summed E-state index contributed by atoms with van der Waals surface area (Å²) in [5.41, 5.74) is 1.36. The number of oxime groups is 1. The topological polar surface area (TPSA) is 70.0 Å². The van der Waals surface area contributed by atoms with Crippen molar-refractivity contribution < 1.29 is 14.8 Å². The van der Waals surface area contributed by atoms with Gasteiger partial charge in [0.25, 0.3) is 5.91 Å². The Morgan fingerprint density at radius 2 is 1.62 bits per heavy atom. The van der Waals surface area contributed by atoms with Gasteiger partial charge in [-0.05, 0) is 17.7 Å². The molecule has 0 unspecified atom stereocenters. The summed E-state index contributed by atoms with van der Waals surface area (Å²) in [6.07, 6.45) is 0. The Morgan fingerprint density at radius 3 is 2.33 bits per heavy atom. The quantitative estimate of drug-likeness (QED) is 0.677. The van der Waals surface area contributed by atoms with Crippen LogP contribution in [0.3, 0.4) is 0 Å². The molecular weight excluding hydrogens is 268 g/mol. The summed E-state index contributed by atoms with van der Waals surface area (Å²) in [5.74, 6) is -1.15. The van der Waals surface area contributed by atoms with Crippen molar-refractivity contribution in [3.05, 3.63) is 65.7 Å². The predicted molar refractivity (Wildman–Crippen MR) is 77.6 cm³/mol. The van der Waals surface area contributed by atoms with Gasteiger partial charge in [-0.2, -0.15) is 0 Å². The van der Waals surface area contributed by atoms with E-state index in [1.807, 2.05) is 30.3 Å². The van der Waals surface area contributed by atoms with E-state index in [0.717, 1.165) is 5.56 Å². The maximum absolute atomic E-state index is 12.3. The first-order valence-electron chi connectivity index (χ1n) is 6.44. The number of para-hydroxylation sites is 1. The standard InChI is InChI=1S/C16H12N2O3/c19-15-12-8-4-5-9-13(12)18(16(20)14(15)17-21)10-11-6-2-1-3-7-11/h1-9,21H,10H2/b17-14+. The fourth-order valence-electron chi connectivity index (χ4n) is 2.37. The molecular formula is C16H12N2O3. The molecule has 0 spiro atoms. The van der Waals surface area contributed by atoms with Gasteiger partial charge in [0, 0.05) is 5.56 Å². The van der Waals surface area contributed by atoms with E-state index in [-0.39, 0.29) is 0 Å². The Labute approximate surface area is 121 Å². The lowest BCUT2D eigenvalue weighted by Gasteiger charge is -2.28. The predicted octanol–water partition coefficient (Wildman–Crippen LogP) is 2.25. The molecule has 0 saturated heterocycles. The van der Waals surface area contributed by atoms with Crippen molar-refractivity contribution >= 4 is 23.1 Å². The number of fused-ring (bicyclic) bond motifs is 1. The van der Waals surface area contributed by atoms with Crippen LogP contribution in [0.5, 0.6) is 0 Å². The van der Waals surface area contributed by atoms with Crippen molar-refractivity contribution in [2.45, 2.75) is 6.54 Å². The van der Waals surface area contributed by atoms with Gasteiger partial charge in [0.1, 0.15) is 0 Å². The largest absolute Gasteiger partial charge is 0.410 e. The van der Waals surface area contributed by atoms with Crippen LogP contribution in [-0.2, 0) is 11.3 Å². The van der Waals surface area contributed by atoms with Gasteiger partial charge in [-0.1, -0.05) is 47.6 Å². The second-order valence-corrected chi connectivity index (χ2v) is 4.67. The average molecular weight is 280 g/mol. The summed E-state index contributed by atoms with van der Waals surface area (Å²) in [6, 6.07) is 16.2. The van der Waals surface area contributed by atoms with Crippen LogP contribution in [0.1, 0.15) is 15.9 Å². The molecule has 1 N–H and O–H groups in total. The van der Waals surface area contributed by atoms with Gasteiger partial charge in [-0.15, -0.1) is 0 Å². The first kappa shape index (κ1) is 13.1. The van der Waals surface area contributed by atoms with Crippen LogP contribution in [0.4, 0.5) is 5.69 Å². The Hall–Kier alpha value is -2.95. The Kier molecular flexibility index (Phi) is 3.23. The van der Waals surface area contributed by atoms with E-state index in [2.05, 4.69) is 5.16 Å². The summed E-state index contributed by atoms with van der Waals surface area (Å²) < 4.78 is 0. The number of nitrogens with zero attached hydrogens (tertiary/aromatic N) is 2. The maximum atomic E-state index is 12.3. The number of hydrogen-bond donors (Lipinski definition) is 1. The maximum Gasteiger partial charge on any atom is 0.284 e. The number of carbonyl (C=O) groups excluding carboxylic acids is 2. The van der Waals surface area contributed by atoms with Gasteiger partial charge >= 0.3 is 0 Å². The molecule has 0 aliphatic carbocycles. The highest BCUT2D eigenvalue weighted by Crippen LogP contribution is 2.28. The molecule has 3 rings (SSSR count). The summed E-state index contributed by atoms with van der Waals surface area (Å²) in [6.45, 7) is 0.309. The number of amides is 1. The minimum atomic E-state index is -0.593. The van der Waals surface area contributed by atoms with E-state index in [1.165, 1.54) is 4.90 Å². The Bertz CT molecular complexity index is 738. The smallest absolute Gasteiger partial charge is 0.284 e. The van der Waals surface area contributed by atoms with Crippen molar-refractivity contribution in [1.82, 2.24) is 0 Å². The minimum Gasteiger partial charge on any atom is -0.410 e. The van der Waals surface area contributed by atoms with Crippen molar-refractivity contribution in [2.24, 2.45) is 5.16 Å². The van der Waals surface area contributed by atoms with E-state index in [0.29, 0.717) is 17.8 Å². The highest BCUT2D eigenvalue weighted by atomic mass is 16.4. The van der Waals surface area contributed by atoms with Gasteiger partial charge in [0.15, 0.2) is 0 Å². The van der Waals surface area contributed by atoms with Crippen molar-refractivity contribution in [3.63, 3.8) is 0 Å². The molecule has 0 saturated carbocycles. The van der Waals surface area contributed by atoms with Crippen LogP contribution < -0.4 is 4.90 Å². The molecule has 1 aliphatic rings. The molecule has 0 bridgehead atoms. The summed E-state index contributed by atoms with van der Waals surface area (Å²) in [4.78, 5) is 25.9. The number of Topliss-reactive ketones (excluding diaryl/α,β-unsaturated/α-hetero) is 1. The molecule has 0 fully saturated rings. The van der Waals surface area contributed by atoms with E-state index in [1.54, 1.807) is 24.3 Å². The molecule has 0 aromatic heterocycles. The van der Waals surface area contributed by atoms with Crippen LogP contribution in [0.15, 0.2) is 59.8 Å². The number of rotatable bonds is 2. The normalized spacial score (nSPS) is 16.2. The van der Waals surface area contributed by atoms with E-state index in [4.69, 9.17) is 5.21 Å². The number of benzene rings is 2. The second-order valence-electron chi connectivity index (χ2n) is 4.67. The molecule has 2 aromatic carbocycles. The first-order valence-corrected chi connectivity index (χ1v) is 6.44. The SMILES string of the molecule is O=C1/C(=N\O)C(=O)N(Cc2ccccc2)c2ccccc21. The van der Waals surface area contributed by atoms with Crippen molar-refractivity contribution in [3.8, 4) is 0 Å². The number of anilines is 1. The zero-order valence-corrected chi connectivity index (χ0v) is 11.1. The molecule has 1 aliphatic heterocycles. The lowest BCUT2D eigenvalue weighted by atomic mass is 9.97. The van der Waals surface area contributed by atoms with Gasteiger partial charge < -0.3 is 10.1 Å². The molecule has 104 valence electrons. The fraction of sp³-hybridized carbons (Fsp3) is 0.0625. The lowest BCUT2D eigenvalue weighted by molar-refractivity contribution is -0.112. The number of ketones is 1. The van der Waals surface area contributed by atoms with Gasteiger partial charge in [0.05, 0.1) is 12.2 Å².